The average molecular weight is 573 g/mol. The van der Waals surface area contributed by atoms with Crippen LogP contribution in [0.3, 0.4) is 0 Å². The predicted octanol–water partition coefficient (Wildman–Crippen LogP) is 8.11. The van der Waals surface area contributed by atoms with Crippen molar-refractivity contribution in [3.63, 3.8) is 0 Å². The highest BCUT2D eigenvalue weighted by Crippen LogP contribution is 2.31. The summed E-state index contributed by atoms with van der Waals surface area (Å²) in [6, 6.07) is 20.6. The molecular weight excluding hydrogens is 524 g/mol. The van der Waals surface area contributed by atoms with E-state index in [-0.39, 0.29) is 22.6 Å². The zero-order valence-electron chi connectivity index (χ0n) is 26.6. The van der Waals surface area contributed by atoms with Gasteiger partial charge in [-0.1, -0.05) is 98.1 Å². The minimum absolute atomic E-state index is 0.0237. The molecule has 0 aliphatic carbocycles. The van der Waals surface area contributed by atoms with Crippen molar-refractivity contribution < 1.29 is 19.1 Å². The number of benzene rings is 3. The van der Waals surface area contributed by atoms with Crippen LogP contribution in [0.25, 0.3) is 0 Å². The Balaban J connectivity index is 1.89. The molecule has 0 saturated carbocycles. The van der Waals surface area contributed by atoms with Gasteiger partial charge in [0.05, 0.1) is 13.7 Å². The van der Waals surface area contributed by atoms with Crippen LogP contribution in [0.5, 0.6) is 11.5 Å². The Bertz CT molecular complexity index is 1240. The van der Waals surface area contributed by atoms with Crippen molar-refractivity contribution in [2.45, 2.75) is 91.1 Å². The summed E-state index contributed by atoms with van der Waals surface area (Å²) >= 11 is 0. The summed E-state index contributed by atoms with van der Waals surface area (Å²) in [5.41, 5.74) is 3.93. The third-order valence-electron chi connectivity index (χ3n) is 7.35. The van der Waals surface area contributed by atoms with Crippen LogP contribution in [-0.4, -0.2) is 25.5 Å². The lowest BCUT2D eigenvalue weighted by Crippen LogP contribution is -2.41. The number of nitrogens with one attached hydrogen (secondary N) is 2. The van der Waals surface area contributed by atoms with E-state index in [4.69, 9.17) is 9.47 Å². The fourth-order valence-corrected chi connectivity index (χ4v) is 4.57. The molecule has 3 rings (SSSR count). The normalized spacial score (nSPS) is 11.7. The number of carbonyl (C=O) groups excluding carboxylic acids is 2. The van der Waals surface area contributed by atoms with Crippen LogP contribution in [0, 0.1) is 0 Å². The first-order chi connectivity index (χ1) is 19.8. The maximum Gasteiger partial charge on any atom is 0.253 e. The number of rotatable bonds is 12. The number of ether oxygens (including phenoxy) is 2. The van der Waals surface area contributed by atoms with Gasteiger partial charge in [0.15, 0.2) is 11.5 Å². The van der Waals surface area contributed by atoms with Crippen LogP contribution in [0.15, 0.2) is 66.7 Å². The number of hydrogen-bond donors (Lipinski definition) is 2. The third-order valence-corrected chi connectivity index (χ3v) is 7.35. The number of carbonyl (C=O) groups is 2. The van der Waals surface area contributed by atoms with E-state index >= 15 is 0 Å². The molecule has 0 radical (unpaired) electrons. The fourth-order valence-electron chi connectivity index (χ4n) is 4.57. The van der Waals surface area contributed by atoms with Crippen LogP contribution in [0.4, 0.5) is 0 Å². The van der Waals surface area contributed by atoms with E-state index in [2.05, 4.69) is 59.1 Å². The second-order valence-electron chi connectivity index (χ2n) is 12.9. The van der Waals surface area contributed by atoms with E-state index in [1.165, 1.54) is 0 Å². The molecule has 2 N–H and O–H groups in total. The first kappa shape index (κ1) is 32.7. The van der Waals surface area contributed by atoms with E-state index < -0.39 is 6.17 Å². The van der Waals surface area contributed by atoms with Crippen molar-refractivity contribution >= 4 is 11.8 Å². The third kappa shape index (κ3) is 9.10. The van der Waals surface area contributed by atoms with Crippen molar-refractivity contribution in [1.29, 1.82) is 0 Å². The van der Waals surface area contributed by atoms with Crippen LogP contribution in [0.1, 0.15) is 118 Å². The zero-order valence-corrected chi connectivity index (χ0v) is 26.6. The lowest BCUT2D eigenvalue weighted by Gasteiger charge is -2.23. The van der Waals surface area contributed by atoms with E-state index in [1.807, 2.05) is 60.7 Å². The smallest absolute Gasteiger partial charge is 0.253 e. The summed E-state index contributed by atoms with van der Waals surface area (Å²) < 4.78 is 11.6. The molecule has 6 nitrogen and oxygen atoms in total. The van der Waals surface area contributed by atoms with Gasteiger partial charge in [-0.2, -0.15) is 0 Å². The standard InChI is InChI=1S/C36H48N2O4/c1-9-10-11-12-23-42-31-24-27(17-22-30(31)41-8)32(37-33(39)25-13-18-28(19-14-25)35(2,3)4)38-34(40)26-15-20-29(21-16-26)36(5,6)7/h13-22,24,32H,9-12,23H2,1-8H3,(H,37,39)(H,38,40). The van der Waals surface area contributed by atoms with Crippen LogP contribution >= 0.6 is 0 Å². The van der Waals surface area contributed by atoms with E-state index in [9.17, 15) is 9.59 Å². The Morgan fingerprint density at radius 2 is 1.19 bits per heavy atom. The molecule has 0 aromatic heterocycles. The largest absolute Gasteiger partial charge is 0.493 e. The number of methoxy groups -OCH3 is 1. The fraction of sp³-hybridized carbons (Fsp3) is 0.444. The van der Waals surface area contributed by atoms with Crippen LogP contribution < -0.4 is 20.1 Å². The second kappa shape index (κ2) is 14.4. The summed E-state index contributed by atoms with van der Waals surface area (Å²) in [5.74, 6) is 0.591. The topological polar surface area (TPSA) is 76.7 Å². The Hall–Kier alpha value is -3.80. The number of unbranched alkanes of at least 4 members (excludes halogenated alkanes) is 3. The first-order valence-corrected chi connectivity index (χ1v) is 15.0. The maximum absolute atomic E-state index is 13.4. The summed E-state index contributed by atoms with van der Waals surface area (Å²) in [5, 5.41) is 6.05. The van der Waals surface area contributed by atoms with E-state index in [0.29, 0.717) is 34.8 Å². The molecule has 6 heteroatoms. The summed E-state index contributed by atoms with van der Waals surface area (Å²) in [6.45, 7) is 15.5. The summed E-state index contributed by atoms with van der Waals surface area (Å²) in [4.78, 5) is 26.8. The number of amides is 2. The molecular formula is C36H48N2O4. The van der Waals surface area contributed by atoms with Gasteiger partial charge in [0, 0.05) is 11.1 Å². The van der Waals surface area contributed by atoms with Gasteiger partial charge in [-0.15, -0.1) is 0 Å². The zero-order chi connectivity index (χ0) is 30.9. The SMILES string of the molecule is CCCCCCOc1cc(C(NC(=O)c2ccc(C(C)(C)C)cc2)NC(=O)c2ccc(C(C)(C)C)cc2)ccc1OC. The molecule has 3 aromatic rings. The molecule has 42 heavy (non-hydrogen) atoms. The van der Waals surface area contributed by atoms with Gasteiger partial charge < -0.3 is 20.1 Å². The number of hydrogen-bond acceptors (Lipinski definition) is 4. The molecule has 0 aliphatic rings. The molecule has 0 heterocycles. The minimum atomic E-state index is -0.803. The monoisotopic (exact) mass is 572 g/mol. The highest BCUT2D eigenvalue weighted by Gasteiger charge is 2.22. The molecule has 0 unspecified atom stereocenters. The molecule has 0 bridgehead atoms. The second-order valence-corrected chi connectivity index (χ2v) is 12.9. The van der Waals surface area contributed by atoms with E-state index in [1.54, 1.807) is 13.2 Å². The summed E-state index contributed by atoms with van der Waals surface area (Å²) in [6.07, 6.45) is 3.54. The summed E-state index contributed by atoms with van der Waals surface area (Å²) in [7, 11) is 1.60. The molecule has 0 aliphatic heterocycles. The van der Waals surface area contributed by atoms with Crippen LogP contribution in [0.2, 0.25) is 0 Å². The molecule has 226 valence electrons. The van der Waals surface area contributed by atoms with Crippen molar-refractivity contribution in [1.82, 2.24) is 10.6 Å². The van der Waals surface area contributed by atoms with Crippen molar-refractivity contribution in [3.8, 4) is 11.5 Å². The maximum atomic E-state index is 13.4. The highest BCUT2D eigenvalue weighted by molar-refractivity contribution is 5.97. The lowest BCUT2D eigenvalue weighted by molar-refractivity contribution is 0.0883. The Kier molecular flexibility index (Phi) is 11.2. The Labute approximate surface area is 252 Å². The Morgan fingerprint density at radius 1 is 0.690 bits per heavy atom. The van der Waals surface area contributed by atoms with Crippen molar-refractivity contribution in [3.05, 3.63) is 94.5 Å². The van der Waals surface area contributed by atoms with Gasteiger partial charge in [0.2, 0.25) is 0 Å². The van der Waals surface area contributed by atoms with Crippen LogP contribution in [-0.2, 0) is 10.8 Å². The molecule has 3 aromatic carbocycles. The predicted molar refractivity (Wildman–Crippen MR) is 171 cm³/mol. The van der Waals surface area contributed by atoms with Gasteiger partial charge in [-0.25, -0.2) is 0 Å². The average Bonchev–Trinajstić information content (AvgIpc) is 2.95. The molecule has 2 amide bonds. The molecule has 0 fully saturated rings. The lowest BCUT2D eigenvalue weighted by atomic mass is 9.86. The van der Waals surface area contributed by atoms with Gasteiger partial charge in [-0.3, -0.25) is 9.59 Å². The molecule has 0 atom stereocenters. The molecule has 0 spiro atoms. The Morgan fingerprint density at radius 3 is 1.62 bits per heavy atom. The minimum Gasteiger partial charge on any atom is -0.493 e. The highest BCUT2D eigenvalue weighted by atomic mass is 16.5. The first-order valence-electron chi connectivity index (χ1n) is 15.0. The van der Waals surface area contributed by atoms with Gasteiger partial charge in [0.25, 0.3) is 11.8 Å². The van der Waals surface area contributed by atoms with Gasteiger partial charge >= 0.3 is 0 Å². The quantitative estimate of drug-likeness (QED) is 0.170. The van der Waals surface area contributed by atoms with Crippen molar-refractivity contribution in [2.75, 3.05) is 13.7 Å². The van der Waals surface area contributed by atoms with Crippen molar-refractivity contribution in [2.24, 2.45) is 0 Å². The van der Waals surface area contributed by atoms with E-state index in [0.717, 1.165) is 36.8 Å². The van der Waals surface area contributed by atoms with Gasteiger partial charge in [0.1, 0.15) is 6.17 Å². The van der Waals surface area contributed by atoms with Gasteiger partial charge in [-0.05, 0) is 70.3 Å². The molecule has 0 saturated heterocycles.